The zero-order chi connectivity index (χ0) is 8.55. The maximum absolute atomic E-state index is 11.2. The van der Waals surface area contributed by atoms with Crippen molar-refractivity contribution < 1.29 is 9.53 Å². The van der Waals surface area contributed by atoms with Crippen molar-refractivity contribution in [3.8, 4) is 0 Å². The minimum atomic E-state index is -0.183. The van der Waals surface area contributed by atoms with Gasteiger partial charge in [0, 0.05) is 5.56 Å². The smallest absolute Gasteiger partial charge is 0.339 e. The monoisotopic (exact) mass is 162 g/mol. The van der Waals surface area contributed by atoms with Crippen LogP contribution in [0, 0.1) is 0 Å². The maximum atomic E-state index is 11.2. The fraction of sp³-hybridized carbons (Fsp3) is 0.300. The molecule has 2 nitrogen and oxygen atoms in total. The standard InChI is InChI=1S/C10H10O2/c1-2-9-7-5-3-4-6-8(7)10(11)12-9/h3-6,9H,2H2,1H3/t9-/m1/s1. The van der Waals surface area contributed by atoms with Crippen LogP contribution in [0.25, 0.3) is 0 Å². The van der Waals surface area contributed by atoms with Gasteiger partial charge in [-0.2, -0.15) is 0 Å². The van der Waals surface area contributed by atoms with E-state index in [0.717, 1.165) is 17.5 Å². The fourth-order valence-electron chi connectivity index (χ4n) is 1.52. The molecule has 0 aromatic heterocycles. The van der Waals surface area contributed by atoms with Crippen molar-refractivity contribution in [3.63, 3.8) is 0 Å². The first-order chi connectivity index (χ1) is 5.83. The van der Waals surface area contributed by atoms with E-state index in [2.05, 4.69) is 0 Å². The van der Waals surface area contributed by atoms with Gasteiger partial charge in [0.1, 0.15) is 6.10 Å². The van der Waals surface area contributed by atoms with Gasteiger partial charge < -0.3 is 4.74 Å². The van der Waals surface area contributed by atoms with Gasteiger partial charge in [-0.3, -0.25) is 0 Å². The topological polar surface area (TPSA) is 26.3 Å². The number of ether oxygens (including phenoxy) is 1. The Balaban J connectivity index is 2.50. The zero-order valence-electron chi connectivity index (χ0n) is 6.91. The van der Waals surface area contributed by atoms with Gasteiger partial charge in [0.2, 0.25) is 0 Å². The fourth-order valence-corrected chi connectivity index (χ4v) is 1.52. The van der Waals surface area contributed by atoms with E-state index >= 15 is 0 Å². The SMILES string of the molecule is CC[C@H]1OC(=O)c2ccccc21. The molecule has 0 fully saturated rings. The molecule has 2 rings (SSSR count). The number of fused-ring (bicyclic) bond motifs is 1. The summed E-state index contributed by atoms with van der Waals surface area (Å²) in [6.45, 7) is 2.01. The van der Waals surface area contributed by atoms with E-state index in [1.165, 1.54) is 0 Å². The van der Waals surface area contributed by atoms with Crippen molar-refractivity contribution in [2.75, 3.05) is 0 Å². The number of carbonyl (C=O) groups is 1. The average molecular weight is 162 g/mol. The summed E-state index contributed by atoms with van der Waals surface area (Å²) < 4.78 is 5.14. The molecular formula is C10H10O2. The van der Waals surface area contributed by atoms with E-state index in [-0.39, 0.29) is 12.1 Å². The molecule has 1 atom stereocenters. The number of rotatable bonds is 1. The molecule has 0 saturated heterocycles. The third-order valence-electron chi connectivity index (χ3n) is 2.15. The van der Waals surface area contributed by atoms with Gasteiger partial charge in [0.05, 0.1) is 5.56 Å². The molecule has 62 valence electrons. The first-order valence-corrected chi connectivity index (χ1v) is 4.13. The minimum Gasteiger partial charge on any atom is -0.454 e. The van der Waals surface area contributed by atoms with Crippen molar-refractivity contribution in [1.82, 2.24) is 0 Å². The highest BCUT2D eigenvalue weighted by molar-refractivity contribution is 5.93. The summed E-state index contributed by atoms with van der Waals surface area (Å²) >= 11 is 0. The molecule has 1 aromatic carbocycles. The Morgan fingerprint density at radius 2 is 2.17 bits per heavy atom. The van der Waals surface area contributed by atoms with E-state index in [4.69, 9.17) is 4.74 Å². The zero-order valence-corrected chi connectivity index (χ0v) is 6.91. The maximum Gasteiger partial charge on any atom is 0.339 e. The molecule has 0 N–H and O–H groups in total. The lowest BCUT2D eigenvalue weighted by atomic mass is 10.0. The molecule has 0 unspecified atom stereocenters. The lowest BCUT2D eigenvalue weighted by molar-refractivity contribution is 0.0378. The lowest BCUT2D eigenvalue weighted by Crippen LogP contribution is -1.96. The van der Waals surface area contributed by atoms with Gasteiger partial charge in [-0.25, -0.2) is 4.79 Å². The van der Waals surface area contributed by atoms with E-state index in [1.807, 2.05) is 31.2 Å². The molecule has 12 heavy (non-hydrogen) atoms. The van der Waals surface area contributed by atoms with Gasteiger partial charge >= 0.3 is 5.97 Å². The lowest BCUT2D eigenvalue weighted by Gasteiger charge is -2.05. The molecule has 0 aliphatic carbocycles. The highest BCUT2D eigenvalue weighted by atomic mass is 16.5. The van der Waals surface area contributed by atoms with E-state index in [1.54, 1.807) is 0 Å². The summed E-state index contributed by atoms with van der Waals surface area (Å²) in [6, 6.07) is 7.56. The summed E-state index contributed by atoms with van der Waals surface area (Å²) in [7, 11) is 0. The largest absolute Gasteiger partial charge is 0.454 e. The third kappa shape index (κ3) is 0.916. The van der Waals surface area contributed by atoms with Gasteiger partial charge in [0.25, 0.3) is 0 Å². The van der Waals surface area contributed by atoms with Crippen LogP contribution in [0.4, 0.5) is 0 Å². The van der Waals surface area contributed by atoms with Crippen LogP contribution < -0.4 is 0 Å². The molecule has 1 heterocycles. The quantitative estimate of drug-likeness (QED) is 0.592. The van der Waals surface area contributed by atoms with Gasteiger partial charge in [-0.15, -0.1) is 0 Å². The van der Waals surface area contributed by atoms with E-state index < -0.39 is 0 Å². The summed E-state index contributed by atoms with van der Waals surface area (Å²) in [4.78, 5) is 11.2. The Kier molecular flexibility index (Phi) is 1.61. The Hall–Kier alpha value is -1.31. The molecule has 1 aliphatic rings. The minimum absolute atomic E-state index is 0.0197. The predicted octanol–water partition coefficient (Wildman–Crippen LogP) is 2.31. The molecule has 0 bridgehead atoms. The normalized spacial score (nSPS) is 20.4. The van der Waals surface area contributed by atoms with Gasteiger partial charge in [-0.1, -0.05) is 25.1 Å². The van der Waals surface area contributed by atoms with Crippen LogP contribution in [0.15, 0.2) is 24.3 Å². The number of benzene rings is 1. The number of carbonyl (C=O) groups excluding carboxylic acids is 1. The average Bonchev–Trinajstić information content (AvgIpc) is 2.44. The highest BCUT2D eigenvalue weighted by Crippen LogP contribution is 2.32. The summed E-state index contributed by atoms with van der Waals surface area (Å²) in [5.74, 6) is -0.183. The first-order valence-electron chi connectivity index (χ1n) is 4.13. The van der Waals surface area contributed by atoms with Crippen molar-refractivity contribution in [1.29, 1.82) is 0 Å². The number of hydrogen-bond donors (Lipinski definition) is 0. The van der Waals surface area contributed by atoms with Crippen molar-refractivity contribution in [3.05, 3.63) is 35.4 Å². The Morgan fingerprint density at radius 3 is 2.92 bits per heavy atom. The van der Waals surface area contributed by atoms with Crippen molar-refractivity contribution >= 4 is 5.97 Å². The molecule has 0 saturated carbocycles. The number of cyclic esters (lactones) is 1. The van der Waals surface area contributed by atoms with Crippen LogP contribution in [0.1, 0.15) is 35.4 Å². The molecule has 0 radical (unpaired) electrons. The second-order valence-electron chi connectivity index (χ2n) is 2.89. The van der Waals surface area contributed by atoms with Crippen LogP contribution in [-0.4, -0.2) is 5.97 Å². The number of esters is 1. The Bertz CT molecular complexity index is 317. The molecule has 1 aromatic rings. The molecular weight excluding hydrogens is 152 g/mol. The number of hydrogen-bond acceptors (Lipinski definition) is 2. The molecule has 1 aliphatic heterocycles. The summed E-state index contributed by atoms with van der Waals surface area (Å²) in [6.07, 6.45) is 0.830. The van der Waals surface area contributed by atoms with Gasteiger partial charge in [0.15, 0.2) is 0 Å². The van der Waals surface area contributed by atoms with Crippen LogP contribution >= 0.6 is 0 Å². The second-order valence-corrected chi connectivity index (χ2v) is 2.89. The molecule has 0 amide bonds. The molecule has 0 spiro atoms. The van der Waals surface area contributed by atoms with Crippen LogP contribution in [-0.2, 0) is 4.74 Å². The molecule has 2 heteroatoms. The van der Waals surface area contributed by atoms with Crippen LogP contribution in [0.2, 0.25) is 0 Å². The van der Waals surface area contributed by atoms with E-state index in [9.17, 15) is 4.79 Å². The van der Waals surface area contributed by atoms with Crippen molar-refractivity contribution in [2.45, 2.75) is 19.4 Å². The van der Waals surface area contributed by atoms with Crippen LogP contribution in [0.3, 0.4) is 0 Å². The Labute approximate surface area is 71.2 Å². The Morgan fingerprint density at radius 1 is 1.42 bits per heavy atom. The highest BCUT2D eigenvalue weighted by Gasteiger charge is 2.28. The first kappa shape index (κ1) is 7.35. The third-order valence-corrected chi connectivity index (χ3v) is 2.15. The summed E-state index contributed by atoms with van der Waals surface area (Å²) in [5, 5.41) is 0. The second kappa shape index (κ2) is 2.63. The summed E-state index contributed by atoms with van der Waals surface area (Å²) in [5.41, 5.74) is 1.76. The van der Waals surface area contributed by atoms with Crippen LogP contribution in [0.5, 0.6) is 0 Å². The van der Waals surface area contributed by atoms with Gasteiger partial charge in [-0.05, 0) is 12.5 Å². The predicted molar refractivity (Wildman–Crippen MR) is 44.9 cm³/mol. The van der Waals surface area contributed by atoms with Crippen molar-refractivity contribution in [2.24, 2.45) is 0 Å². The van der Waals surface area contributed by atoms with E-state index in [0.29, 0.717) is 0 Å².